The minimum absolute atomic E-state index is 0.0491. The maximum atomic E-state index is 13.0. The molecule has 3 N–H and O–H groups in total. The SMILES string of the molecule is CC(Sc1nnc(COc2ccc(F)cc2)n1N)C(=O)Nc1ccc2c(c1)OCCO2. The number of carbonyl (C=O) groups is 1. The van der Waals surface area contributed by atoms with Crippen LogP contribution in [0.1, 0.15) is 12.7 Å². The Kier molecular flexibility index (Phi) is 6.12. The summed E-state index contributed by atoms with van der Waals surface area (Å²) < 4.78 is 30.8. The van der Waals surface area contributed by atoms with Gasteiger partial charge in [0, 0.05) is 11.8 Å². The minimum atomic E-state index is -0.495. The van der Waals surface area contributed by atoms with Gasteiger partial charge in [0.2, 0.25) is 11.1 Å². The fourth-order valence-corrected chi connectivity index (χ4v) is 3.53. The van der Waals surface area contributed by atoms with Gasteiger partial charge in [-0.25, -0.2) is 9.07 Å². The van der Waals surface area contributed by atoms with E-state index in [0.717, 1.165) is 11.8 Å². The molecule has 3 aromatic rings. The van der Waals surface area contributed by atoms with Crippen LogP contribution in [0.25, 0.3) is 0 Å². The average molecular weight is 445 g/mol. The van der Waals surface area contributed by atoms with E-state index in [9.17, 15) is 9.18 Å². The van der Waals surface area contributed by atoms with E-state index in [4.69, 9.17) is 20.1 Å². The lowest BCUT2D eigenvalue weighted by Gasteiger charge is -2.19. The molecule has 162 valence electrons. The first-order valence-electron chi connectivity index (χ1n) is 9.44. The van der Waals surface area contributed by atoms with Crippen molar-refractivity contribution in [3.05, 3.63) is 54.1 Å². The van der Waals surface area contributed by atoms with Gasteiger partial charge in [0.05, 0.1) is 5.25 Å². The molecule has 0 aliphatic carbocycles. The molecule has 31 heavy (non-hydrogen) atoms. The molecule has 4 rings (SSSR count). The molecule has 0 radical (unpaired) electrons. The van der Waals surface area contributed by atoms with Crippen LogP contribution >= 0.6 is 11.8 Å². The summed E-state index contributed by atoms with van der Waals surface area (Å²) >= 11 is 1.16. The van der Waals surface area contributed by atoms with E-state index < -0.39 is 5.25 Å². The number of ether oxygens (including phenoxy) is 3. The molecule has 1 aliphatic rings. The summed E-state index contributed by atoms with van der Waals surface area (Å²) in [5.74, 6) is 7.55. The fourth-order valence-electron chi connectivity index (χ4n) is 2.74. The maximum Gasteiger partial charge on any atom is 0.237 e. The number of halogens is 1. The maximum absolute atomic E-state index is 13.0. The molecule has 11 heteroatoms. The fraction of sp³-hybridized carbons (Fsp3) is 0.250. The molecular formula is C20H20FN5O4S. The van der Waals surface area contributed by atoms with Crippen molar-refractivity contribution in [3.8, 4) is 17.2 Å². The first-order chi connectivity index (χ1) is 15.0. The summed E-state index contributed by atoms with van der Waals surface area (Å²) in [5.41, 5.74) is 0.601. The number of aromatic nitrogens is 3. The smallest absolute Gasteiger partial charge is 0.237 e. The summed E-state index contributed by atoms with van der Waals surface area (Å²) in [5, 5.41) is 10.7. The van der Waals surface area contributed by atoms with Crippen molar-refractivity contribution in [3.63, 3.8) is 0 Å². The Labute approximate surface area is 181 Å². The zero-order chi connectivity index (χ0) is 21.8. The second kappa shape index (κ2) is 9.13. The van der Waals surface area contributed by atoms with Gasteiger partial charge in [0.1, 0.15) is 31.4 Å². The standard InChI is InChI=1S/C20H20FN5O4S/c1-12(19(27)23-14-4-7-16-17(10-14)29-9-8-28-16)31-20-25-24-18(26(20)22)11-30-15-5-2-13(21)3-6-15/h2-7,10,12H,8-9,11,22H2,1H3,(H,23,27). The number of hydrogen-bond donors (Lipinski definition) is 2. The van der Waals surface area contributed by atoms with Gasteiger partial charge in [0.15, 0.2) is 17.3 Å². The summed E-state index contributed by atoms with van der Waals surface area (Å²) in [6.07, 6.45) is 0. The first-order valence-corrected chi connectivity index (χ1v) is 10.3. The summed E-state index contributed by atoms with van der Waals surface area (Å²) in [4.78, 5) is 12.6. The first kappa shape index (κ1) is 20.8. The van der Waals surface area contributed by atoms with Crippen molar-refractivity contribution >= 4 is 23.4 Å². The van der Waals surface area contributed by atoms with Crippen molar-refractivity contribution in [1.29, 1.82) is 0 Å². The van der Waals surface area contributed by atoms with Crippen LogP contribution in [0.4, 0.5) is 10.1 Å². The number of benzene rings is 2. The molecule has 0 fully saturated rings. The van der Waals surface area contributed by atoms with Crippen LogP contribution in [0.15, 0.2) is 47.6 Å². The van der Waals surface area contributed by atoms with Gasteiger partial charge >= 0.3 is 0 Å². The van der Waals surface area contributed by atoms with E-state index in [1.807, 2.05) is 0 Å². The Morgan fingerprint density at radius 1 is 1.23 bits per heavy atom. The van der Waals surface area contributed by atoms with Crippen molar-refractivity contribution < 1.29 is 23.4 Å². The lowest BCUT2D eigenvalue weighted by molar-refractivity contribution is -0.115. The summed E-state index contributed by atoms with van der Waals surface area (Å²) in [6, 6.07) is 10.8. The van der Waals surface area contributed by atoms with E-state index >= 15 is 0 Å². The topological polar surface area (TPSA) is 114 Å². The van der Waals surface area contributed by atoms with Crippen LogP contribution in [0.2, 0.25) is 0 Å². The zero-order valence-electron chi connectivity index (χ0n) is 16.6. The van der Waals surface area contributed by atoms with Crippen molar-refractivity contribution in [2.45, 2.75) is 23.9 Å². The molecule has 2 aromatic carbocycles. The third-order valence-electron chi connectivity index (χ3n) is 4.38. The average Bonchev–Trinajstić information content (AvgIpc) is 3.12. The third kappa shape index (κ3) is 5.00. The molecule has 0 spiro atoms. The van der Waals surface area contributed by atoms with Crippen molar-refractivity contribution in [2.75, 3.05) is 24.4 Å². The number of rotatable bonds is 7. The highest BCUT2D eigenvalue weighted by Crippen LogP contribution is 2.33. The van der Waals surface area contributed by atoms with Crippen LogP contribution in [-0.2, 0) is 11.4 Å². The molecule has 1 atom stereocenters. The Balaban J connectivity index is 1.34. The molecule has 1 aliphatic heterocycles. The minimum Gasteiger partial charge on any atom is -0.486 e. The van der Waals surface area contributed by atoms with Crippen LogP contribution in [-0.4, -0.2) is 39.2 Å². The van der Waals surface area contributed by atoms with Gasteiger partial charge in [0.25, 0.3) is 0 Å². The van der Waals surface area contributed by atoms with Gasteiger partial charge in [-0.1, -0.05) is 11.8 Å². The largest absolute Gasteiger partial charge is 0.486 e. The van der Waals surface area contributed by atoms with Crippen LogP contribution in [0.3, 0.4) is 0 Å². The van der Waals surface area contributed by atoms with Gasteiger partial charge in [-0.15, -0.1) is 10.2 Å². The van der Waals surface area contributed by atoms with Crippen molar-refractivity contribution in [1.82, 2.24) is 14.9 Å². The highest BCUT2D eigenvalue weighted by atomic mass is 32.2. The van der Waals surface area contributed by atoms with Crippen LogP contribution in [0, 0.1) is 5.82 Å². The second-order valence-corrected chi connectivity index (χ2v) is 7.93. The molecule has 1 amide bonds. The number of thioether (sulfide) groups is 1. The Morgan fingerprint density at radius 3 is 2.74 bits per heavy atom. The molecule has 0 saturated heterocycles. The van der Waals surface area contributed by atoms with Gasteiger partial charge < -0.3 is 25.4 Å². The molecular weight excluding hydrogens is 425 g/mol. The highest BCUT2D eigenvalue weighted by Gasteiger charge is 2.21. The predicted octanol–water partition coefficient (Wildman–Crippen LogP) is 2.60. The van der Waals surface area contributed by atoms with Crippen molar-refractivity contribution in [2.24, 2.45) is 0 Å². The number of nitrogens with zero attached hydrogens (tertiary/aromatic N) is 3. The molecule has 0 saturated carbocycles. The number of fused-ring (bicyclic) bond motifs is 1. The van der Waals surface area contributed by atoms with Crippen LogP contribution < -0.4 is 25.4 Å². The quantitative estimate of drug-likeness (QED) is 0.421. The Morgan fingerprint density at radius 2 is 1.97 bits per heavy atom. The molecule has 9 nitrogen and oxygen atoms in total. The number of carbonyl (C=O) groups excluding carboxylic acids is 1. The molecule has 1 unspecified atom stereocenters. The monoisotopic (exact) mass is 445 g/mol. The highest BCUT2D eigenvalue weighted by molar-refractivity contribution is 8.00. The normalized spacial score (nSPS) is 13.5. The van der Waals surface area contributed by atoms with E-state index in [2.05, 4.69) is 15.5 Å². The van der Waals surface area contributed by atoms with Gasteiger partial charge in [-0.05, 0) is 43.3 Å². The van der Waals surface area contributed by atoms with E-state index in [0.29, 0.717) is 47.1 Å². The number of nitrogen functional groups attached to an aromatic ring is 1. The predicted molar refractivity (Wildman–Crippen MR) is 112 cm³/mol. The molecule has 1 aromatic heterocycles. The summed E-state index contributed by atoms with van der Waals surface area (Å²) in [7, 11) is 0. The number of nitrogens with one attached hydrogen (secondary N) is 1. The second-order valence-electron chi connectivity index (χ2n) is 6.62. The number of amides is 1. The lowest BCUT2D eigenvalue weighted by atomic mass is 10.2. The summed E-state index contributed by atoms with van der Waals surface area (Å²) in [6.45, 7) is 2.76. The lowest BCUT2D eigenvalue weighted by Crippen LogP contribution is -2.24. The number of nitrogens with two attached hydrogens (primary N) is 1. The molecule has 2 heterocycles. The van der Waals surface area contributed by atoms with Crippen LogP contribution in [0.5, 0.6) is 17.2 Å². The molecule has 0 bridgehead atoms. The third-order valence-corrected chi connectivity index (χ3v) is 5.43. The Bertz CT molecular complexity index is 1080. The van der Waals surface area contributed by atoms with E-state index in [1.54, 1.807) is 25.1 Å². The van der Waals surface area contributed by atoms with E-state index in [-0.39, 0.29) is 18.3 Å². The van der Waals surface area contributed by atoms with Gasteiger partial charge in [-0.3, -0.25) is 4.79 Å². The van der Waals surface area contributed by atoms with E-state index in [1.165, 1.54) is 28.9 Å². The number of anilines is 1. The zero-order valence-corrected chi connectivity index (χ0v) is 17.4. The van der Waals surface area contributed by atoms with Gasteiger partial charge in [-0.2, -0.15) is 0 Å². The Hall–Kier alpha value is -3.47. The number of hydrogen-bond acceptors (Lipinski definition) is 8.